The van der Waals surface area contributed by atoms with Gasteiger partial charge in [-0.05, 0) is 70.1 Å². The number of nitrogens with zero attached hydrogens (tertiary/aromatic N) is 1. The average molecular weight is 304 g/mol. The molecule has 0 aliphatic heterocycles. The third kappa shape index (κ3) is 2.71. The summed E-state index contributed by atoms with van der Waals surface area (Å²) in [6.07, 6.45) is 5.98. The molecule has 0 unspecified atom stereocenters. The lowest BCUT2D eigenvalue weighted by atomic mass is 9.49. The van der Waals surface area contributed by atoms with Crippen LogP contribution in [0.25, 0.3) is 0 Å². The van der Waals surface area contributed by atoms with E-state index < -0.39 is 18.1 Å². The van der Waals surface area contributed by atoms with Crippen molar-refractivity contribution in [1.29, 1.82) is 5.26 Å². The number of nitrogens with one attached hydrogen (secondary N) is 1. The van der Waals surface area contributed by atoms with Gasteiger partial charge in [0.25, 0.3) is 0 Å². The standard InChI is InChI=1S/C17H24N2O3/c1-10(9-18)22-15(20)11(2)19-16(21)17-6-12-3-13(7-17)5-14(4-12)8-17/h10-14H,3-8H2,1-2H3,(H,19,21)/t10-,11-,12?,13?,14?,17?/m0/s1. The lowest BCUT2D eigenvalue weighted by Crippen LogP contribution is -2.56. The zero-order chi connectivity index (χ0) is 15.9. The number of rotatable bonds is 4. The Hall–Kier alpha value is -1.57. The molecule has 1 N–H and O–H groups in total. The molecule has 5 heteroatoms. The van der Waals surface area contributed by atoms with E-state index in [1.807, 2.05) is 6.07 Å². The van der Waals surface area contributed by atoms with Gasteiger partial charge in [-0.3, -0.25) is 4.79 Å². The number of hydrogen-bond donors (Lipinski definition) is 1. The molecule has 4 fully saturated rings. The summed E-state index contributed by atoms with van der Waals surface area (Å²) in [4.78, 5) is 24.7. The molecule has 0 radical (unpaired) electrons. The fraction of sp³-hybridized carbons (Fsp3) is 0.824. The number of carbonyl (C=O) groups excluding carboxylic acids is 2. The van der Waals surface area contributed by atoms with Crippen molar-refractivity contribution in [1.82, 2.24) is 5.32 Å². The Morgan fingerprint density at radius 1 is 1.14 bits per heavy atom. The van der Waals surface area contributed by atoms with Gasteiger partial charge in [-0.25, -0.2) is 4.79 Å². The Morgan fingerprint density at radius 3 is 2.09 bits per heavy atom. The van der Waals surface area contributed by atoms with E-state index in [0.29, 0.717) is 17.8 Å². The van der Waals surface area contributed by atoms with Crippen molar-refractivity contribution in [2.24, 2.45) is 23.2 Å². The predicted molar refractivity (Wildman–Crippen MR) is 79.4 cm³/mol. The molecule has 4 rings (SSSR count). The maximum Gasteiger partial charge on any atom is 0.329 e. The van der Waals surface area contributed by atoms with Gasteiger partial charge in [-0.2, -0.15) is 5.26 Å². The zero-order valence-electron chi connectivity index (χ0n) is 13.3. The largest absolute Gasteiger partial charge is 0.446 e. The highest BCUT2D eigenvalue weighted by Crippen LogP contribution is 2.60. The molecule has 22 heavy (non-hydrogen) atoms. The molecule has 4 aliphatic carbocycles. The number of esters is 1. The van der Waals surface area contributed by atoms with Crippen LogP contribution in [0.2, 0.25) is 0 Å². The van der Waals surface area contributed by atoms with Crippen LogP contribution in [0.1, 0.15) is 52.4 Å². The number of hydrogen-bond acceptors (Lipinski definition) is 4. The van der Waals surface area contributed by atoms with Gasteiger partial charge >= 0.3 is 5.97 Å². The van der Waals surface area contributed by atoms with E-state index in [2.05, 4.69) is 5.32 Å². The van der Waals surface area contributed by atoms with Crippen LogP contribution in [0.4, 0.5) is 0 Å². The van der Waals surface area contributed by atoms with Crippen molar-refractivity contribution >= 4 is 11.9 Å². The van der Waals surface area contributed by atoms with Gasteiger partial charge in [0.15, 0.2) is 6.10 Å². The maximum absolute atomic E-state index is 12.8. The van der Waals surface area contributed by atoms with Crippen molar-refractivity contribution < 1.29 is 14.3 Å². The summed E-state index contributed by atoms with van der Waals surface area (Å²) in [5.41, 5.74) is -0.260. The quantitative estimate of drug-likeness (QED) is 0.807. The highest BCUT2D eigenvalue weighted by atomic mass is 16.5. The normalized spacial score (nSPS) is 38.0. The average Bonchev–Trinajstić information content (AvgIpc) is 2.45. The fourth-order valence-electron chi connectivity index (χ4n) is 5.10. The highest BCUT2D eigenvalue weighted by molar-refractivity contribution is 5.88. The number of nitriles is 1. The van der Waals surface area contributed by atoms with Crippen LogP contribution in [-0.2, 0) is 14.3 Å². The Morgan fingerprint density at radius 2 is 1.64 bits per heavy atom. The number of amides is 1. The third-order valence-corrected chi connectivity index (χ3v) is 5.70. The molecule has 4 bridgehead atoms. The second kappa shape index (κ2) is 5.57. The van der Waals surface area contributed by atoms with Crippen LogP contribution in [0.3, 0.4) is 0 Å². The molecule has 0 saturated heterocycles. The molecule has 4 saturated carbocycles. The van der Waals surface area contributed by atoms with Crippen LogP contribution in [0, 0.1) is 34.5 Å². The van der Waals surface area contributed by atoms with Gasteiger partial charge in [0.05, 0.1) is 0 Å². The molecular formula is C17H24N2O3. The molecule has 120 valence electrons. The van der Waals surface area contributed by atoms with Crippen LogP contribution in [-0.4, -0.2) is 24.0 Å². The zero-order valence-corrected chi connectivity index (χ0v) is 13.3. The van der Waals surface area contributed by atoms with Crippen LogP contribution < -0.4 is 5.32 Å². The summed E-state index contributed by atoms with van der Waals surface area (Å²) in [7, 11) is 0. The van der Waals surface area contributed by atoms with Crippen molar-refractivity contribution in [3.05, 3.63) is 0 Å². The minimum atomic E-state index is -0.786. The molecule has 0 aromatic rings. The predicted octanol–water partition coefficient (Wildman–Crippen LogP) is 2.16. The molecule has 0 aromatic heterocycles. The smallest absolute Gasteiger partial charge is 0.329 e. The van der Waals surface area contributed by atoms with Crippen molar-refractivity contribution in [3.8, 4) is 6.07 Å². The fourth-order valence-corrected chi connectivity index (χ4v) is 5.10. The Labute approximate surface area is 131 Å². The Balaban J connectivity index is 1.62. The first kappa shape index (κ1) is 15.3. The molecular weight excluding hydrogens is 280 g/mol. The first-order valence-electron chi connectivity index (χ1n) is 8.33. The molecule has 1 amide bonds. The SMILES string of the molecule is C[C@H](NC(=O)C12CC3CC(CC(C3)C1)C2)C(=O)O[C@@H](C)C#N. The second-order valence-electron chi connectivity index (χ2n) is 7.60. The van der Waals surface area contributed by atoms with Crippen LogP contribution in [0.5, 0.6) is 0 Å². The van der Waals surface area contributed by atoms with Gasteiger partial charge in [0, 0.05) is 5.41 Å². The molecule has 0 aromatic carbocycles. The molecule has 5 nitrogen and oxygen atoms in total. The van der Waals surface area contributed by atoms with Crippen LogP contribution >= 0.6 is 0 Å². The molecule has 0 heterocycles. The monoisotopic (exact) mass is 304 g/mol. The van der Waals surface area contributed by atoms with E-state index in [9.17, 15) is 9.59 Å². The Bertz CT molecular complexity index is 487. The van der Waals surface area contributed by atoms with E-state index >= 15 is 0 Å². The minimum absolute atomic E-state index is 0.0145. The minimum Gasteiger partial charge on any atom is -0.446 e. The van der Waals surface area contributed by atoms with E-state index in [1.54, 1.807) is 6.92 Å². The molecule has 2 atom stereocenters. The van der Waals surface area contributed by atoms with Gasteiger partial charge < -0.3 is 10.1 Å². The number of carbonyl (C=O) groups is 2. The topological polar surface area (TPSA) is 79.2 Å². The van der Waals surface area contributed by atoms with Crippen LogP contribution in [0.15, 0.2) is 0 Å². The highest BCUT2D eigenvalue weighted by Gasteiger charge is 2.54. The van der Waals surface area contributed by atoms with Gasteiger partial charge in [0.1, 0.15) is 12.1 Å². The van der Waals surface area contributed by atoms with Gasteiger partial charge in [-0.15, -0.1) is 0 Å². The summed E-state index contributed by atoms with van der Waals surface area (Å²) in [5.74, 6) is 1.56. The summed E-state index contributed by atoms with van der Waals surface area (Å²) < 4.78 is 4.97. The van der Waals surface area contributed by atoms with E-state index in [0.717, 1.165) is 19.3 Å². The summed E-state index contributed by atoms with van der Waals surface area (Å²) in [5, 5.41) is 11.5. The van der Waals surface area contributed by atoms with Crippen molar-refractivity contribution in [2.45, 2.75) is 64.5 Å². The maximum atomic E-state index is 12.8. The summed E-state index contributed by atoms with van der Waals surface area (Å²) in [6, 6.07) is 1.16. The van der Waals surface area contributed by atoms with E-state index in [4.69, 9.17) is 10.00 Å². The second-order valence-corrected chi connectivity index (χ2v) is 7.60. The summed E-state index contributed by atoms with van der Waals surface area (Å²) >= 11 is 0. The molecule has 4 aliphatic rings. The summed E-state index contributed by atoms with van der Waals surface area (Å²) in [6.45, 7) is 3.15. The molecule has 0 spiro atoms. The first-order valence-corrected chi connectivity index (χ1v) is 8.33. The van der Waals surface area contributed by atoms with E-state index in [1.165, 1.54) is 26.2 Å². The van der Waals surface area contributed by atoms with Crippen molar-refractivity contribution in [3.63, 3.8) is 0 Å². The number of ether oxygens (including phenoxy) is 1. The first-order chi connectivity index (χ1) is 10.4. The van der Waals surface area contributed by atoms with E-state index in [-0.39, 0.29) is 11.3 Å². The van der Waals surface area contributed by atoms with Gasteiger partial charge in [-0.1, -0.05) is 0 Å². The lowest BCUT2D eigenvalue weighted by Gasteiger charge is -2.55. The lowest BCUT2D eigenvalue weighted by molar-refractivity contribution is -0.154. The third-order valence-electron chi connectivity index (χ3n) is 5.70. The Kier molecular flexibility index (Phi) is 3.88. The van der Waals surface area contributed by atoms with Crippen molar-refractivity contribution in [2.75, 3.05) is 0 Å². The van der Waals surface area contributed by atoms with Gasteiger partial charge in [0.2, 0.25) is 5.91 Å².